The molecule has 0 spiro atoms. The van der Waals surface area contributed by atoms with E-state index in [4.69, 9.17) is 0 Å². The van der Waals surface area contributed by atoms with E-state index in [1.54, 1.807) is 11.5 Å². The predicted octanol–water partition coefficient (Wildman–Crippen LogP) is 1.91. The van der Waals surface area contributed by atoms with Gasteiger partial charge in [0.25, 0.3) is 0 Å². The molecule has 4 atom stereocenters. The molecule has 0 aliphatic heterocycles. The van der Waals surface area contributed by atoms with Gasteiger partial charge in [-0.15, -0.1) is 10.2 Å². The lowest BCUT2D eigenvalue weighted by Gasteiger charge is -2.20. The van der Waals surface area contributed by atoms with Crippen LogP contribution in [-0.2, 0) is 4.79 Å². The maximum Gasteiger partial charge on any atom is 0.326 e. The number of fused-ring (bicyclic) bond motifs is 2. The molecule has 0 aromatic carbocycles. The minimum absolute atomic E-state index is 0.336. The van der Waals surface area contributed by atoms with E-state index in [2.05, 4.69) is 22.3 Å². The topological polar surface area (TPSA) is 68.0 Å². The van der Waals surface area contributed by atoms with Crippen LogP contribution < -0.4 is 0 Å². The number of nitrogens with zero attached hydrogens (tertiary/aromatic N) is 3. The van der Waals surface area contributed by atoms with Gasteiger partial charge in [-0.1, -0.05) is 12.2 Å². The first-order valence-electron chi connectivity index (χ1n) is 6.40. The summed E-state index contributed by atoms with van der Waals surface area (Å²) in [5, 5.41) is 17.5. The Morgan fingerprint density at radius 3 is 2.78 bits per heavy atom. The lowest BCUT2D eigenvalue weighted by Crippen LogP contribution is -2.22. The lowest BCUT2D eigenvalue weighted by atomic mass is 9.92. The Labute approximate surface area is 106 Å². The summed E-state index contributed by atoms with van der Waals surface area (Å²) in [4.78, 5) is 11.2. The standard InChI is InChI=1S/C13H17N3O2/c1-7(13(17)18)16-8(2)14-15-12(16)11-6-9-3-4-10(11)5-9/h3-4,7,9-11H,5-6H2,1-2H3,(H,17,18). The van der Waals surface area contributed by atoms with E-state index in [9.17, 15) is 9.90 Å². The number of aliphatic carboxylic acids is 1. The number of allylic oxidation sites excluding steroid dienone is 2. The summed E-state index contributed by atoms with van der Waals surface area (Å²) >= 11 is 0. The second kappa shape index (κ2) is 3.93. The van der Waals surface area contributed by atoms with Crippen LogP contribution in [0.1, 0.15) is 43.4 Å². The zero-order chi connectivity index (χ0) is 12.9. The van der Waals surface area contributed by atoms with Crippen LogP contribution in [0.25, 0.3) is 0 Å². The third-order valence-corrected chi connectivity index (χ3v) is 4.25. The van der Waals surface area contributed by atoms with E-state index in [0.717, 1.165) is 12.2 Å². The van der Waals surface area contributed by atoms with Crippen molar-refractivity contribution in [3.05, 3.63) is 23.8 Å². The molecule has 0 amide bonds. The minimum Gasteiger partial charge on any atom is -0.480 e. The van der Waals surface area contributed by atoms with Crippen LogP contribution in [0.3, 0.4) is 0 Å². The SMILES string of the molecule is Cc1nnc(C2CC3C=CC2C3)n1C(C)C(=O)O. The molecule has 2 bridgehead atoms. The predicted molar refractivity (Wildman–Crippen MR) is 65.2 cm³/mol. The molecule has 1 aromatic heterocycles. The van der Waals surface area contributed by atoms with Crippen LogP contribution in [0.15, 0.2) is 12.2 Å². The average Bonchev–Trinajstić information content (AvgIpc) is 3.01. The fourth-order valence-electron chi connectivity index (χ4n) is 3.31. The van der Waals surface area contributed by atoms with E-state index in [-0.39, 0.29) is 0 Å². The lowest BCUT2D eigenvalue weighted by molar-refractivity contribution is -0.140. The summed E-state index contributed by atoms with van der Waals surface area (Å²) in [5.41, 5.74) is 0. The maximum atomic E-state index is 11.2. The largest absolute Gasteiger partial charge is 0.480 e. The molecule has 1 saturated carbocycles. The molecule has 5 heteroatoms. The molecule has 5 nitrogen and oxygen atoms in total. The molecule has 1 aromatic rings. The van der Waals surface area contributed by atoms with Crippen molar-refractivity contribution < 1.29 is 9.90 Å². The summed E-state index contributed by atoms with van der Waals surface area (Å²) in [6.07, 6.45) is 6.78. The molecule has 18 heavy (non-hydrogen) atoms. The third-order valence-electron chi connectivity index (χ3n) is 4.25. The zero-order valence-corrected chi connectivity index (χ0v) is 10.6. The summed E-state index contributed by atoms with van der Waals surface area (Å²) in [7, 11) is 0. The molecule has 1 heterocycles. The highest BCUT2D eigenvalue weighted by molar-refractivity contribution is 5.71. The third kappa shape index (κ3) is 1.57. The maximum absolute atomic E-state index is 11.2. The summed E-state index contributed by atoms with van der Waals surface area (Å²) in [6.45, 7) is 3.50. The first-order valence-corrected chi connectivity index (χ1v) is 6.40. The van der Waals surface area contributed by atoms with Gasteiger partial charge in [0.15, 0.2) is 0 Å². The van der Waals surface area contributed by atoms with Gasteiger partial charge in [-0.3, -0.25) is 0 Å². The Kier molecular flexibility index (Phi) is 2.50. The molecular formula is C13H17N3O2. The van der Waals surface area contributed by atoms with E-state index in [0.29, 0.717) is 23.6 Å². The van der Waals surface area contributed by atoms with Crippen molar-refractivity contribution in [1.82, 2.24) is 14.8 Å². The van der Waals surface area contributed by atoms with Crippen molar-refractivity contribution >= 4 is 5.97 Å². The molecule has 96 valence electrons. The van der Waals surface area contributed by atoms with Crippen molar-refractivity contribution in [2.75, 3.05) is 0 Å². The van der Waals surface area contributed by atoms with Crippen LogP contribution in [-0.4, -0.2) is 25.8 Å². The number of hydrogen-bond acceptors (Lipinski definition) is 3. The fraction of sp³-hybridized carbons (Fsp3) is 0.615. The van der Waals surface area contributed by atoms with Crippen molar-refractivity contribution in [3.63, 3.8) is 0 Å². The Hall–Kier alpha value is -1.65. The fourth-order valence-corrected chi connectivity index (χ4v) is 3.31. The molecule has 2 aliphatic rings. The summed E-state index contributed by atoms with van der Waals surface area (Å²) in [5.74, 6) is 2.19. The van der Waals surface area contributed by atoms with E-state index < -0.39 is 12.0 Å². The Balaban J connectivity index is 1.98. The molecular weight excluding hydrogens is 230 g/mol. The normalized spacial score (nSPS) is 30.9. The van der Waals surface area contributed by atoms with Crippen LogP contribution in [0, 0.1) is 18.8 Å². The monoisotopic (exact) mass is 247 g/mol. The highest BCUT2D eigenvalue weighted by atomic mass is 16.4. The van der Waals surface area contributed by atoms with E-state index in [1.165, 1.54) is 6.42 Å². The number of hydrogen-bond donors (Lipinski definition) is 1. The van der Waals surface area contributed by atoms with Crippen molar-refractivity contribution in [1.29, 1.82) is 0 Å². The van der Waals surface area contributed by atoms with Crippen LogP contribution in [0.5, 0.6) is 0 Å². The number of carboxylic acid groups (broad SMARTS) is 1. The average molecular weight is 247 g/mol. The van der Waals surface area contributed by atoms with Crippen LogP contribution in [0.2, 0.25) is 0 Å². The minimum atomic E-state index is -0.835. The van der Waals surface area contributed by atoms with Gasteiger partial charge in [0.1, 0.15) is 17.7 Å². The summed E-state index contributed by atoms with van der Waals surface area (Å²) < 4.78 is 1.78. The van der Waals surface area contributed by atoms with Crippen molar-refractivity contribution in [3.8, 4) is 0 Å². The first-order chi connectivity index (χ1) is 8.58. The molecule has 2 aliphatic carbocycles. The first kappa shape index (κ1) is 11.4. The molecule has 3 rings (SSSR count). The molecule has 1 N–H and O–H groups in total. The van der Waals surface area contributed by atoms with E-state index in [1.807, 2.05) is 6.92 Å². The van der Waals surface area contributed by atoms with Gasteiger partial charge in [0.05, 0.1) is 0 Å². The van der Waals surface area contributed by atoms with Gasteiger partial charge in [0, 0.05) is 5.92 Å². The second-order valence-corrected chi connectivity index (χ2v) is 5.38. The highest BCUT2D eigenvalue weighted by Gasteiger charge is 2.40. The van der Waals surface area contributed by atoms with Gasteiger partial charge in [0.2, 0.25) is 0 Å². The molecule has 1 fully saturated rings. The Bertz CT molecular complexity index is 520. The van der Waals surface area contributed by atoms with Gasteiger partial charge in [-0.05, 0) is 38.5 Å². The number of carbonyl (C=O) groups is 1. The number of aromatic nitrogens is 3. The molecule has 4 unspecified atom stereocenters. The highest BCUT2D eigenvalue weighted by Crippen LogP contribution is 2.48. The molecule has 0 radical (unpaired) electrons. The van der Waals surface area contributed by atoms with Gasteiger partial charge < -0.3 is 9.67 Å². The van der Waals surface area contributed by atoms with Crippen LogP contribution in [0.4, 0.5) is 0 Å². The number of carboxylic acids is 1. The van der Waals surface area contributed by atoms with Gasteiger partial charge in [-0.25, -0.2) is 4.79 Å². The van der Waals surface area contributed by atoms with Crippen molar-refractivity contribution in [2.24, 2.45) is 11.8 Å². The van der Waals surface area contributed by atoms with E-state index >= 15 is 0 Å². The quantitative estimate of drug-likeness (QED) is 0.828. The summed E-state index contributed by atoms with van der Waals surface area (Å²) in [6, 6.07) is -0.599. The number of aryl methyl sites for hydroxylation is 1. The zero-order valence-electron chi connectivity index (χ0n) is 10.6. The van der Waals surface area contributed by atoms with Crippen molar-refractivity contribution in [2.45, 2.75) is 38.6 Å². The Morgan fingerprint density at radius 1 is 1.44 bits per heavy atom. The smallest absolute Gasteiger partial charge is 0.326 e. The Morgan fingerprint density at radius 2 is 2.22 bits per heavy atom. The second-order valence-electron chi connectivity index (χ2n) is 5.38. The van der Waals surface area contributed by atoms with Gasteiger partial charge in [-0.2, -0.15) is 0 Å². The molecule has 0 saturated heterocycles. The van der Waals surface area contributed by atoms with Gasteiger partial charge >= 0.3 is 5.97 Å². The van der Waals surface area contributed by atoms with Crippen LogP contribution >= 0.6 is 0 Å². The number of rotatable bonds is 3.